The molecule has 24 heavy (non-hydrogen) atoms. The van der Waals surface area contributed by atoms with Gasteiger partial charge in [-0.15, -0.1) is 0 Å². The molecule has 1 aliphatic carbocycles. The molecule has 1 heterocycles. The Kier molecular flexibility index (Phi) is 4.28. The van der Waals surface area contributed by atoms with Crippen molar-refractivity contribution in [1.82, 2.24) is 14.8 Å². The highest BCUT2D eigenvalue weighted by molar-refractivity contribution is 8.01. The molecule has 0 bridgehead atoms. The average molecular weight is 365 g/mol. The zero-order valence-electron chi connectivity index (χ0n) is 12.0. The van der Waals surface area contributed by atoms with Gasteiger partial charge < -0.3 is 5.11 Å². The maximum absolute atomic E-state index is 14.2. The van der Waals surface area contributed by atoms with Crippen LogP contribution in [0.5, 0.6) is 0 Å². The van der Waals surface area contributed by atoms with Crippen molar-refractivity contribution in [3.05, 3.63) is 48.1 Å². The van der Waals surface area contributed by atoms with Crippen molar-refractivity contribution in [2.75, 3.05) is 0 Å². The molecule has 3 rings (SSSR count). The Hall–Kier alpha value is -1.68. The van der Waals surface area contributed by atoms with E-state index in [4.69, 9.17) is 0 Å². The predicted molar refractivity (Wildman–Crippen MR) is 76.1 cm³/mol. The highest BCUT2D eigenvalue weighted by atomic mass is 32.2. The highest BCUT2D eigenvalue weighted by Gasteiger charge is 2.59. The Morgan fingerprint density at radius 2 is 1.96 bits per heavy atom. The van der Waals surface area contributed by atoms with Gasteiger partial charge in [0.1, 0.15) is 30.3 Å². The van der Waals surface area contributed by atoms with Gasteiger partial charge in [0, 0.05) is 11.6 Å². The third kappa shape index (κ3) is 3.39. The molecule has 10 heteroatoms. The van der Waals surface area contributed by atoms with Crippen molar-refractivity contribution in [3.63, 3.8) is 0 Å². The van der Waals surface area contributed by atoms with Crippen molar-refractivity contribution < 1.29 is 27.1 Å². The smallest absolute Gasteiger partial charge is 0.389 e. The van der Waals surface area contributed by atoms with Gasteiger partial charge in [-0.25, -0.2) is 18.4 Å². The molecular formula is C14H12F5N3OS. The minimum atomic E-state index is -4.54. The van der Waals surface area contributed by atoms with Gasteiger partial charge in [-0.3, -0.25) is 0 Å². The van der Waals surface area contributed by atoms with E-state index in [-0.39, 0.29) is 30.2 Å². The quantitative estimate of drug-likeness (QED) is 0.827. The van der Waals surface area contributed by atoms with Crippen molar-refractivity contribution in [3.8, 4) is 0 Å². The summed E-state index contributed by atoms with van der Waals surface area (Å²) in [7, 11) is 0. The van der Waals surface area contributed by atoms with Gasteiger partial charge in [-0.05, 0) is 30.7 Å². The van der Waals surface area contributed by atoms with Crippen molar-refractivity contribution in [1.29, 1.82) is 0 Å². The van der Waals surface area contributed by atoms with Crippen LogP contribution in [-0.2, 0) is 0 Å². The summed E-state index contributed by atoms with van der Waals surface area (Å²) in [6, 6.07) is 1.44. The highest BCUT2D eigenvalue weighted by Crippen LogP contribution is 2.59. The SMILES string of the molecule is OC(C(c1ccc(F)cc1F)n1cncn1)C1(SC(F)(F)F)CC1. The molecule has 1 saturated carbocycles. The molecule has 2 atom stereocenters. The topological polar surface area (TPSA) is 50.9 Å². The van der Waals surface area contributed by atoms with Crippen LogP contribution in [-0.4, -0.2) is 36.2 Å². The number of aliphatic hydroxyl groups is 1. The van der Waals surface area contributed by atoms with Crippen LogP contribution in [0.2, 0.25) is 0 Å². The lowest BCUT2D eigenvalue weighted by Crippen LogP contribution is -2.38. The minimum Gasteiger partial charge on any atom is -0.389 e. The van der Waals surface area contributed by atoms with Crippen LogP contribution in [0.1, 0.15) is 24.4 Å². The van der Waals surface area contributed by atoms with E-state index in [1.807, 2.05) is 0 Å². The Balaban J connectivity index is 2.00. The van der Waals surface area contributed by atoms with Crippen LogP contribution in [0, 0.1) is 11.6 Å². The Morgan fingerprint density at radius 1 is 1.25 bits per heavy atom. The van der Waals surface area contributed by atoms with Gasteiger partial charge >= 0.3 is 5.51 Å². The Labute approximate surface area is 137 Å². The lowest BCUT2D eigenvalue weighted by molar-refractivity contribution is -0.0352. The van der Waals surface area contributed by atoms with E-state index in [0.29, 0.717) is 6.07 Å². The predicted octanol–water partition coefficient (Wildman–Crippen LogP) is 3.29. The molecule has 1 aromatic heterocycles. The molecule has 1 aliphatic rings. The van der Waals surface area contributed by atoms with Gasteiger partial charge in [0.25, 0.3) is 0 Å². The maximum Gasteiger partial charge on any atom is 0.442 e. The fraction of sp³-hybridized carbons (Fsp3) is 0.429. The molecular weight excluding hydrogens is 353 g/mol. The van der Waals surface area contributed by atoms with E-state index in [1.165, 1.54) is 6.33 Å². The Morgan fingerprint density at radius 3 is 2.46 bits per heavy atom. The molecule has 0 amide bonds. The van der Waals surface area contributed by atoms with Gasteiger partial charge in [-0.2, -0.15) is 18.3 Å². The number of alkyl halides is 3. The summed E-state index contributed by atoms with van der Waals surface area (Å²) < 4.78 is 65.3. The number of hydrogen-bond acceptors (Lipinski definition) is 4. The van der Waals surface area contributed by atoms with Crippen LogP contribution in [0.3, 0.4) is 0 Å². The lowest BCUT2D eigenvalue weighted by Gasteiger charge is -2.30. The molecule has 2 aromatic rings. The maximum atomic E-state index is 14.2. The van der Waals surface area contributed by atoms with E-state index in [2.05, 4.69) is 10.1 Å². The summed E-state index contributed by atoms with van der Waals surface area (Å²) in [5.41, 5.74) is -4.69. The number of aromatic nitrogens is 3. The van der Waals surface area contributed by atoms with Gasteiger partial charge in [0.05, 0.1) is 10.9 Å². The average Bonchev–Trinajstić information content (AvgIpc) is 3.04. The molecule has 0 aliphatic heterocycles. The van der Waals surface area contributed by atoms with E-state index < -0.39 is 34.0 Å². The van der Waals surface area contributed by atoms with E-state index in [0.717, 1.165) is 23.1 Å². The standard InChI is InChI=1S/C14H12F5N3OS/c15-8-1-2-9(10(16)5-8)11(22-7-20-6-21-22)12(23)13(3-4-13)24-14(17,18)19/h1-2,5-7,11-12,23H,3-4H2. The molecule has 1 fully saturated rings. The molecule has 130 valence electrons. The number of benzene rings is 1. The lowest BCUT2D eigenvalue weighted by atomic mass is 9.97. The number of nitrogens with zero attached hydrogens (tertiary/aromatic N) is 3. The first kappa shape index (κ1) is 17.2. The summed E-state index contributed by atoms with van der Waals surface area (Å²) in [5, 5.41) is 14.4. The monoisotopic (exact) mass is 365 g/mol. The second-order valence-electron chi connectivity index (χ2n) is 5.54. The third-order valence-electron chi connectivity index (χ3n) is 3.90. The first-order valence-corrected chi connectivity index (χ1v) is 7.77. The molecule has 2 unspecified atom stereocenters. The normalized spacial score (nSPS) is 19.1. The second-order valence-corrected chi connectivity index (χ2v) is 7.02. The van der Waals surface area contributed by atoms with Crippen LogP contribution in [0.15, 0.2) is 30.9 Å². The first-order chi connectivity index (χ1) is 11.2. The van der Waals surface area contributed by atoms with E-state index in [1.54, 1.807) is 0 Å². The zero-order valence-corrected chi connectivity index (χ0v) is 12.9. The number of thioether (sulfide) groups is 1. The fourth-order valence-electron chi connectivity index (χ4n) is 2.66. The molecule has 0 saturated heterocycles. The molecule has 4 nitrogen and oxygen atoms in total. The van der Waals surface area contributed by atoms with Gasteiger partial charge in [0.2, 0.25) is 0 Å². The van der Waals surface area contributed by atoms with Crippen molar-refractivity contribution in [2.24, 2.45) is 0 Å². The Bertz CT molecular complexity index is 718. The largest absolute Gasteiger partial charge is 0.442 e. The van der Waals surface area contributed by atoms with Gasteiger partial charge in [-0.1, -0.05) is 6.07 Å². The molecule has 1 aromatic carbocycles. The molecule has 1 N–H and O–H groups in total. The minimum absolute atomic E-state index is 0.131. The van der Waals surface area contributed by atoms with Crippen LogP contribution in [0.4, 0.5) is 22.0 Å². The summed E-state index contributed by atoms with van der Waals surface area (Å²) in [5.74, 6) is -1.80. The first-order valence-electron chi connectivity index (χ1n) is 6.96. The molecule has 0 spiro atoms. The van der Waals surface area contributed by atoms with Crippen molar-refractivity contribution >= 4 is 11.8 Å². The number of aliphatic hydroxyl groups excluding tert-OH is 1. The van der Waals surface area contributed by atoms with E-state index >= 15 is 0 Å². The number of hydrogen-bond donors (Lipinski definition) is 1. The summed E-state index contributed by atoms with van der Waals surface area (Å²) in [6.45, 7) is 0. The van der Waals surface area contributed by atoms with Gasteiger partial charge in [0.15, 0.2) is 0 Å². The molecule has 0 radical (unpaired) electrons. The van der Waals surface area contributed by atoms with Crippen LogP contribution in [0.25, 0.3) is 0 Å². The summed E-state index contributed by atoms with van der Waals surface area (Å²) >= 11 is -0.301. The second kappa shape index (κ2) is 5.99. The van der Waals surface area contributed by atoms with Crippen molar-refractivity contribution in [2.45, 2.75) is 35.2 Å². The zero-order chi connectivity index (χ0) is 17.5. The van der Waals surface area contributed by atoms with Crippen LogP contribution >= 0.6 is 11.8 Å². The number of rotatable bonds is 5. The summed E-state index contributed by atoms with van der Waals surface area (Å²) in [6.07, 6.45) is 0.979. The third-order valence-corrected chi connectivity index (χ3v) is 5.19. The summed E-state index contributed by atoms with van der Waals surface area (Å²) in [4.78, 5) is 3.69. The number of halogens is 5. The van der Waals surface area contributed by atoms with Crippen LogP contribution < -0.4 is 0 Å². The van der Waals surface area contributed by atoms with E-state index in [9.17, 15) is 27.1 Å². The fourth-order valence-corrected chi connectivity index (χ4v) is 3.68.